The highest BCUT2D eigenvalue weighted by atomic mass is 16.6. The number of rotatable bonds is 3. The Balaban J connectivity index is 1.90. The maximum atomic E-state index is 13.4. The first-order chi connectivity index (χ1) is 13.2. The maximum absolute atomic E-state index is 13.4. The van der Waals surface area contributed by atoms with Crippen molar-refractivity contribution in [1.29, 1.82) is 0 Å². The van der Waals surface area contributed by atoms with Crippen LogP contribution in [0.5, 0.6) is 0 Å². The standard InChI is InChI=1S/C21H28N4O3/c1-6-25(15-10-8-7-9-11-15)19(26)18-16-14-24(20(27)28-21(2,3)4)13-12-17(16)22-23(18)5/h7-11H,6,12-14H2,1-5H3. The molecule has 1 aliphatic heterocycles. The topological polar surface area (TPSA) is 67.7 Å². The van der Waals surface area contributed by atoms with Gasteiger partial charge in [-0.15, -0.1) is 0 Å². The van der Waals surface area contributed by atoms with Gasteiger partial charge in [0.05, 0.1) is 12.2 Å². The van der Waals surface area contributed by atoms with Crippen molar-refractivity contribution in [2.75, 3.05) is 18.0 Å². The van der Waals surface area contributed by atoms with Crippen molar-refractivity contribution in [2.24, 2.45) is 7.05 Å². The Bertz CT molecular complexity index is 868. The Morgan fingerprint density at radius 2 is 1.89 bits per heavy atom. The number of amides is 2. The number of benzene rings is 1. The lowest BCUT2D eigenvalue weighted by Gasteiger charge is -2.30. The molecule has 1 aromatic heterocycles. The third-order valence-corrected chi connectivity index (χ3v) is 4.68. The van der Waals surface area contributed by atoms with E-state index in [1.165, 1.54) is 0 Å². The minimum atomic E-state index is -0.558. The molecule has 0 radical (unpaired) electrons. The molecule has 0 atom stereocenters. The van der Waals surface area contributed by atoms with Crippen LogP contribution < -0.4 is 4.90 Å². The highest BCUT2D eigenvalue weighted by Crippen LogP contribution is 2.26. The quantitative estimate of drug-likeness (QED) is 0.814. The summed E-state index contributed by atoms with van der Waals surface area (Å²) < 4.78 is 7.14. The number of para-hydroxylation sites is 1. The molecule has 0 aliphatic carbocycles. The van der Waals surface area contributed by atoms with Crippen LogP contribution in [0.25, 0.3) is 0 Å². The van der Waals surface area contributed by atoms with Crippen molar-refractivity contribution in [3.63, 3.8) is 0 Å². The van der Waals surface area contributed by atoms with Gasteiger partial charge in [-0.25, -0.2) is 4.79 Å². The highest BCUT2D eigenvalue weighted by molar-refractivity contribution is 6.06. The van der Waals surface area contributed by atoms with Gasteiger partial charge in [0.15, 0.2) is 0 Å². The van der Waals surface area contributed by atoms with Gasteiger partial charge >= 0.3 is 6.09 Å². The number of carbonyl (C=O) groups excluding carboxylic acids is 2. The van der Waals surface area contributed by atoms with E-state index < -0.39 is 5.60 Å². The molecule has 0 N–H and O–H groups in total. The number of aryl methyl sites for hydroxylation is 1. The molecule has 0 saturated heterocycles. The maximum Gasteiger partial charge on any atom is 0.410 e. The minimum Gasteiger partial charge on any atom is -0.444 e. The second-order valence-electron chi connectivity index (χ2n) is 7.93. The number of hydrogen-bond acceptors (Lipinski definition) is 4. The Hall–Kier alpha value is -2.83. The summed E-state index contributed by atoms with van der Waals surface area (Å²) in [6.45, 7) is 8.88. The second-order valence-corrected chi connectivity index (χ2v) is 7.93. The lowest BCUT2D eigenvalue weighted by atomic mass is 10.0. The van der Waals surface area contributed by atoms with Gasteiger partial charge in [0.25, 0.3) is 5.91 Å². The molecule has 0 bridgehead atoms. The molecular formula is C21H28N4O3. The molecule has 150 valence electrons. The van der Waals surface area contributed by atoms with Gasteiger partial charge < -0.3 is 14.5 Å². The van der Waals surface area contributed by atoms with Crippen molar-refractivity contribution >= 4 is 17.7 Å². The zero-order chi connectivity index (χ0) is 20.5. The fourth-order valence-corrected chi connectivity index (χ4v) is 3.43. The van der Waals surface area contributed by atoms with E-state index in [1.54, 1.807) is 21.5 Å². The van der Waals surface area contributed by atoms with Crippen LogP contribution in [0.4, 0.5) is 10.5 Å². The summed E-state index contributed by atoms with van der Waals surface area (Å²) in [7, 11) is 1.78. The molecule has 3 rings (SSSR count). The first-order valence-electron chi connectivity index (χ1n) is 9.61. The number of fused-ring (bicyclic) bond motifs is 1. The summed E-state index contributed by atoms with van der Waals surface area (Å²) >= 11 is 0. The Morgan fingerprint density at radius 1 is 1.21 bits per heavy atom. The third-order valence-electron chi connectivity index (χ3n) is 4.68. The molecule has 1 aromatic carbocycles. The van der Waals surface area contributed by atoms with E-state index in [0.29, 0.717) is 31.7 Å². The van der Waals surface area contributed by atoms with Gasteiger partial charge in [0.1, 0.15) is 11.3 Å². The van der Waals surface area contributed by atoms with E-state index in [4.69, 9.17) is 4.74 Å². The van der Waals surface area contributed by atoms with Crippen LogP contribution >= 0.6 is 0 Å². The third kappa shape index (κ3) is 4.03. The normalized spacial score (nSPS) is 13.8. The summed E-state index contributed by atoms with van der Waals surface area (Å²) in [5.74, 6) is -0.115. The van der Waals surface area contributed by atoms with E-state index in [1.807, 2.05) is 58.0 Å². The van der Waals surface area contributed by atoms with Gasteiger partial charge in [0.2, 0.25) is 0 Å². The highest BCUT2D eigenvalue weighted by Gasteiger charge is 2.33. The summed E-state index contributed by atoms with van der Waals surface area (Å²) in [6, 6.07) is 9.57. The number of carbonyl (C=O) groups is 2. The van der Waals surface area contributed by atoms with Gasteiger partial charge in [-0.05, 0) is 39.8 Å². The zero-order valence-corrected chi connectivity index (χ0v) is 17.2. The number of anilines is 1. The largest absolute Gasteiger partial charge is 0.444 e. The molecule has 0 unspecified atom stereocenters. The molecule has 7 heteroatoms. The Morgan fingerprint density at radius 3 is 2.50 bits per heavy atom. The predicted octanol–water partition coefficient (Wildman–Crippen LogP) is 3.38. The number of aromatic nitrogens is 2. The fraction of sp³-hybridized carbons (Fsp3) is 0.476. The van der Waals surface area contributed by atoms with Crippen molar-refractivity contribution < 1.29 is 14.3 Å². The van der Waals surface area contributed by atoms with Crippen LogP contribution in [-0.4, -0.2) is 45.4 Å². The lowest BCUT2D eigenvalue weighted by molar-refractivity contribution is 0.0222. The minimum absolute atomic E-state index is 0.115. The zero-order valence-electron chi connectivity index (χ0n) is 17.2. The van der Waals surface area contributed by atoms with E-state index >= 15 is 0 Å². The summed E-state index contributed by atoms with van der Waals surface area (Å²) in [4.78, 5) is 29.2. The molecule has 2 aromatic rings. The van der Waals surface area contributed by atoms with Crippen LogP contribution in [0.1, 0.15) is 49.4 Å². The summed E-state index contributed by atoms with van der Waals surface area (Å²) in [5.41, 5.74) is 2.48. The number of hydrogen-bond donors (Lipinski definition) is 0. The van der Waals surface area contributed by atoms with Gasteiger partial charge in [-0.1, -0.05) is 18.2 Å². The van der Waals surface area contributed by atoms with Crippen LogP contribution in [0.3, 0.4) is 0 Å². The van der Waals surface area contributed by atoms with Gasteiger partial charge in [0, 0.05) is 37.8 Å². The monoisotopic (exact) mass is 384 g/mol. The lowest BCUT2D eigenvalue weighted by Crippen LogP contribution is -2.40. The Labute approximate surface area is 165 Å². The van der Waals surface area contributed by atoms with E-state index in [-0.39, 0.29) is 12.0 Å². The van der Waals surface area contributed by atoms with Gasteiger partial charge in [-0.3, -0.25) is 9.48 Å². The fourth-order valence-electron chi connectivity index (χ4n) is 3.43. The number of nitrogens with zero attached hydrogens (tertiary/aromatic N) is 4. The first-order valence-corrected chi connectivity index (χ1v) is 9.61. The van der Waals surface area contributed by atoms with Crippen LogP contribution in [0.2, 0.25) is 0 Å². The summed E-state index contributed by atoms with van der Waals surface area (Å²) in [6.07, 6.45) is 0.239. The SMILES string of the molecule is CCN(C(=O)c1c2c(nn1C)CCN(C(=O)OC(C)(C)C)C2)c1ccccc1. The smallest absolute Gasteiger partial charge is 0.410 e. The molecule has 7 nitrogen and oxygen atoms in total. The van der Waals surface area contributed by atoms with Crippen LogP contribution in [0, 0.1) is 0 Å². The van der Waals surface area contributed by atoms with Crippen LogP contribution in [-0.2, 0) is 24.8 Å². The molecule has 2 heterocycles. The average molecular weight is 384 g/mol. The van der Waals surface area contributed by atoms with Crippen molar-refractivity contribution in [2.45, 2.75) is 46.3 Å². The second kappa shape index (κ2) is 7.66. The first kappa shape index (κ1) is 19.9. The summed E-state index contributed by atoms with van der Waals surface area (Å²) in [5, 5.41) is 4.54. The Kier molecular flexibility index (Phi) is 5.45. The van der Waals surface area contributed by atoms with Crippen molar-refractivity contribution in [3.05, 3.63) is 47.3 Å². The molecule has 2 amide bonds. The molecule has 0 fully saturated rings. The molecular weight excluding hydrogens is 356 g/mol. The van der Waals surface area contributed by atoms with Crippen LogP contribution in [0.15, 0.2) is 30.3 Å². The molecule has 0 saturated carbocycles. The van der Waals surface area contributed by atoms with Crippen molar-refractivity contribution in [3.8, 4) is 0 Å². The molecule has 0 spiro atoms. The van der Waals surface area contributed by atoms with E-state index in [2.05, 4.69) is 5.10 Å². The van der Waals surface area contributed by atoms with E-state index in [0.717, 1.165) is 16.9 Å². The average Bonchev–Trinajstić information content (AvgIpc) is 2.96. The van der Waals surface area contributed by atoms with Gasteiger partial charge in [-0.2, -0.15) is 5.10 Å². The molecule has 1 aliphatic rings. The van der Waals surface area contributed by atoms with E-state index in [9.17, 15) is 9.59 Å². The predicted molar refractivity (Wildman–Crippen MR) is 107 cm³/mol. The molecule has 28 heavy (non-hydrogen) atoms. The number of ether oxygens (including phenoxy) is 1. The van der Waals surface area contributed by atoms with Crippen molar-refractivity contribution in [1.82, 2.24) is 14.7 Å².